The van der Waals surface area contributed by atoms with Crippen molar-refractivity contribution in [3.8, 4) is 0 Å². The van der Waals surface area contributed by atoms with Crippen molar-refractivity contribution in [2.45, 2.75) is 46.5 Å². The summed E-state index contributed by atoms with van der Waals surface area (Å²) in [5.74, 6) is 0.321. The first-order valence-corrected chi connectivity index (χ1v) is 8.67. The molecule has 2 rings (SSSR count). The van der Waals surface area contributed by atoms with Crippen LogP contribution in [0, 0.1) is 13.8 Å². The number of carbonyl (C=O) groups excluding carboxylic acids is 2. The lowest BCUT2D eigenvalue weighted by molar-refractivity contribution is -0.131. The number of amides is 2. The van der Waals surface area contributed by atoms with Crippen LogP contribution >= 0.6 is 0 Å². The molecule has 126 valence electrons. The molecule has 2 amide bonds. The normalized spacial score (nSPS) is 15.4. The molecular weight excluding hydrogens is 288 g/mol. The molecule has 0 bridgehead atoms. The number of unbranched alkanes of at least 4 members (excludes halogenated alkanes) is 1. The third-order valence-electron chi connectivity index (χ3n) is 4.50. The van der Waals surface area contributed by atoms with Gasteiger partial charge in [-0.05, 0) is 38.3 Å². The summed E-state index contributed by atoms with van der Waals surface area (Å²) in [6.07, 6.45) is 3.47. The summed E-state index contributed by atoms with van der Waals surface area (Å²) in [4.78, 5) is 28.8. The largest absolute Gasteiger partial charge is 0.341 e. The first-order chi connectivity index (χ1) is 11.0. The van der Waals surface area contributed by atoms with E-state index in [-0.39, 0.29) is 11.8 Å². The maximum Gasteiger partial charge on any atom is 0.254 e. The smallest absolute Gasteiger partial charge is 0.254 e. The van der Waals surface area contributed by atoms with E-state index in [0.29, 0.717) is 19.5 Å². The van der Waals surface area contributed by atoms with Crippen LogP contribution in [0.3, 0.4) is 0 Å². The van der Waals surface area contributed by atoms with Crippen molar-refractivity contribution in [2.75, 3.05) is 26.2 Å². The second-order valence-corrected chi connectivity index (χ2v) is 6.45. The van der Waals surface area contributed by atoms with Gasteiger partial charge in [0.2, 0.25) is 5.91 Å². The Bertz CT molecular complexity index is 568. The van der Waals surface area contributed by atoms with Crippen LogP contribution in [0.25, 0.3) is 0 Å². The highest BCUT2D eigenvalue weighted by atomic mass is 16.2. The fourth-order valence-electron chi connectivity index (χ4n) is 2.99. The van der Waals surface area contributed by atoms with E-state index in [0.717, 1.165) is 49.0 Å². The Kier molecular flexibility index (Phi) is 6.20. The van der Waals surface area contributed by atoms with Crippen LogP contribution < -0.4 is 0 Å². The Labute approximate surface area is 139 Å². The first kappa shape index (κ1) is 17.5. The quantitative estimate of drug-likeness (QED) is 0.856. The van der Waals surface area contributed by atoms with Gasteiger partial charge in [0, 0.05) is 38.2 Å². The summed E-state index contributed by atoms with van der Waals surface area (Å²) < 4.78 is 0. The highest BCUT2D eigenvalue weighted by molar-refractivity contribution is 5.96. The van der Waals surface area contributed by atoms with Crippen molar-refractivity contribution in [2.24, 2.45) is 0 Å². The molecule has 1 heterocycles. The van der Waals surface area contributed by atoms with Gasteiger partial charge in [0.25, 0.3) is 5.91 Å². The predicted molar refractivity (Wildman–Crippen MR) is 92.5 cm³/mol. The van der Waals surface area contributed by atoms with Gasteiger partial charge in [-0.15, -0.1) is 0 Å². The second-order valence-electron chi connectivity index (χ2n) is 6.45. The molecule has 0 atom stereocenters. The van der Waals surface area contributed by atoms with Crippen LogP contribution in [0.1, 0.15) is 54.1 Å². The number of nitrogens with zero attached hydrogens (tertiary/aromatic N) is 2. The molecular formula is C19H28N2O2. The van der Waals surface area contributed by atoms with Gasteiger partial charge >= 0.3 is 0 Å². The molecule has 1 aliphatic heterocycles. The molecule has 1 aromatic carbocycles. The van der Waals surface area contributed by atoms with Crippen molar-refractivity contribution in [3.05, 3.63) is 34.9 Å². The summed E-state index contributed by atoms with van der Waals surface area (Å²) >= 11 is 0. The minimum Gasteiger partial charge on any atom is -0.341 e. The Morgan fingerprint density at radius 3 is 2.48 bits per heavy atom. The molecule has 0 unspecified atom stereocenters. The molecule has 0 saturated carbocycles. The van der Waals surface area contributed by atoms with Crippen LogP contribution in [0.5, 0.6) is 0 Å². The van der Waals surface area contributed by atoms with Gasteiger partial charge < -0.3 is 9.80 Å². The monoisotopic (exact) mass is 316 g/mol. The van der Waals surface area contributed by atoms with E-state index >= 15 is 0 Å². The van der Waals surface area contributed by atoms with Crippen molar-refractivity contribution < 1.29 is 9.59 Å². The summed E-state index contributed by atoms with van der Waals surface area (Å²) in [6.45, 7) is 8.85. The Hall–Kier alpha value is -1.84. The SMILES string of the molecule is CCCCC(=O)N1CCCN(C(=O)c2cc(C)ccc2C)CC1. The van der Waals surface area contributed by atoms with Gasteiger partial charge in [-0.2, -0.15) is 0 Å². The molecule has 0 spiro atoms. The molecule has 0 aromatic heterocycles. The average Bonchev–Trinajstić information content (AvgIpc) is 2.80. The summed E-state index contributed by atoms with van der Waals surface area (Å²) in [5, 5.41) is 0. The van der Waals surface area contributed by atoms with Gasteiger partial charge in [-0.25, -0.2) is 0 Å². The molecule has 0 radical (unpaired) electrons. The number of benzene rings is 1. The zero-order valence-corrected chi connectivity index (χ0v) is 14.6. The number of carbonyl (C=O) groups is 2. The number of rotatable bonds is 4. The second kappa shape index (κ2) is 8.14. The molecule has 0 aliphatic carbocycles. The van der Waals surface area contributed by atoms with Gasteiger partial charge in [0.1, 0.15) is 0 Å². The van der Waals surface area contributed by atoms with E-state index in [1.807, 2.05) is 41.8 Å². The number of aryl methyl sites for hydroxylation is 2. The standard InChI is InChI=1S/C19H28N2O2/c1-4-5-7-18(22)20-10-6-11-21(13-12-20)19(23)17-14-15(2)8-9-16(17)3/h8-9,14H,4-7,10-13H2,1-3H3. The van der Waals surface area contributed by atoms with E-state index in [4.69, 9.17) is 0 Å². The van der Waals surface area contributed by atoms with E-state index in [1.165, 1.54) is 0 Å². The Morgan fingerprint density at radius 1 is 1.04 bits per heavy atom. The molecule has 1 saturated heterocycles. The van der Waals surface area contributed by atoms with E-state index < -0.39 is 0 Å². The average molecular weight is 316 g/mol. The molecule has 1 aliphatic rings. The maximum atomic E-state index is 12.8. The lowest BCUT2D eigenvalue weighted by Crippen LogP contribution is -2.37. The Balaban J connectivity index is 2.01. The van der Waals surface area contributed by atoms with E-state index in [1.54, 1.807) is 0 Å². The fraction of sp³-hybridized carbons (Fsp3) is 0.579. The molecule has 23 heavy (non-hydrogen) atoms. The maximum absolute atomic E-state index is 12.8. The molecule has 1 fully saturated rings. The summed E-state index contributed by atoms with van der Waals surface area (Å²) in [7, 11) is 0. The minimum absolute atomic E-state index is 0.0917. The predicted octanol–water partition coefficient (Wildman–Crippen LogP) is 3.17. The summed E-state index contributed by atoms with van der Waals surface area (Å²) in [6, 6.07) is 6.00. The van der Waals surface area contributed by atoms with Crippen LogP contribution in [-0.4, -0.2) is 47.8 Å². The fourth-order valence-corrected chi connectivity index (χ4v) is 2.99. The van der Waals surface area contributed by atoms with Crippen LogP contribution in [0.2, 0.25) is 0 Å². The third kappa shape index (κ3) is 4.57. The minimum atomic E-state index is 0.0917. The number of hydrogen-bond donors (Lipinski definition) is 0. The lowest BCUT2D eigenvalue weighted by atomic mass is 10.0. The first-order valence-electron chi connectivity index (χ1n) is 8.67. The highest BCUT2D eigenvalue weighted by Crippen LogP contribution is 2.15. The van der Waals surface area contributed by atoms with E-state index in [9.17, 15) is 9.59 Å². The third-order valence-corrected chi connectivity index (χ3v) is 4.50. The molecule has 1 aromatic rings. The van der Waals surface area contributed by atoms with Crippen molar-refractivity contribution in [3.63, 3.8) is 0 Å². The van der Waals surface area contributed by atoms with Gasteiger partial charge in [-0.3, -0.25) is 9.59 Å². The van der Waals surface area contributed by atoms with Crippen LogP contribution in [-0.2, 0) is 4.79 Å². The lowest BCUT2D eigenvalue weighted by Gasteiger charge is -2.23. The highest BCUT2D eigenvalue weighted by Gasteiger charge is 2.23. The van der Waals surface area contributed by atoms with Crippen molar-refractivity contribution in [1.82, 2.24) is 9.80 Å². The Morgan fingerprint density at radius 2 is 1.74 bits per heavy atom. The van der Waals surface area contributed by atoms with Gasteiger partial charge in [0.05, 0.1) is 0 Å². The van der Waals surface area contributed by atoms with Crippen LogP contribution in [0.15, 0.2) is 18.2 Å². The molecule has 0 N–H and O–H groups in total. The summed E-state index contributed by atoms with van der Waals surface area (Å²) in [5.41, 5.74) is 2.90. The van der Waals surface area contributed by atoms with E-state index in [2.05, 4.69) is 6.92 Å². The van der Waals surface area contributed by atoms with Gasteiger partial charge in [0.15, 0.2) is 0 Å². The zero-order chi connectivity index (χ0) is 16.8. The van der Waals surface area contributed by atoms with Crippen molar-refractivity contribution in [1.29, 1.82) is 0 Å². The van der Waals surface area contributed by atoms with Crippen molar-refractivity contribution >= 4 is 11.8 Å². The topological polar surface area (TPSA) is 40.6 Å². The molecule has 4 heteroatoms. The molecule has 4 nitrogen and oxygen atoms in total. The van der Waals surface area contributed by atoms with Crippen LogP contribution in [0.4, 0.5) is 0 Å². The van der Waals surface area contributed by atoms with Gasteiger partial charge in [-0.1, -0.05) is 31.0 Å². The number of hydrogen-bond acceptors (Lipinski definition) is 2. The zero-order valence-electron chi connectivity index (χ0n) is 14.6.